The Balaban J connectivity index is 0.000000673. The van der Waals surface area contributed by atoms with Crippen LogP contribution in [0.5, 0.6) is 0 Å². The fraction of sp³-hybridized carbons (Fsp3) is 0.750. The third-order valence-corrected chi connectivity index (χ3v) is 2.13. The molecule has 1 aliphatic rings. The van der Waals surface area contributed by atoms with Gasteiger partial charge in [0.25, 0.3) is 0 Å². The average molecular weight is 229 g/mol. The second-order valence-electron chi connectivity index (χ2n) is 3.97. The summed E-state index contributed by atoms with van der Waals surface area (Å²) in [5, 5.41) is 8.41. The monoisotopic (exact) mass is 229 g/mol. The molecule has 0 saturated heterocycles. The molecule has 94 valence electrons. The van der Waals surface area contributed by atoms with Crippen molar-refractivity contribution in [3.05, 3.63) is 12.2 Å². The van der Waals surface area contributed by atoms with E-state index in [1.54, 1.807) is 6.08 Å². The molecule has 0 bridgehead atoms. The number of carboxylic acid groups (broad SMARTS) is 1. The van der Waals surface area contributed by atoms with Gasteiger partial charge in [0, 0.05) is 6.04 Å². The predicted molar refractivity (Wildman–Crippen MR) is 64.4 cm³/mol. The summed E-state index contributed by atoms with van der Waals surface area (Å²) in [4.78, 5) is 10.3. The molecule has 1 aliphatic carbocycles. The zero-order chi connectivity index (χ0) is 12.4. The molecule has 4 heteroatoms. The number of ether oxygens (including phenoxy) is 1. The van der Waals surface area contributed by atoms with Crippen molar-refractivity contribution in [2.45, 2.75) is 58.1 Å². The average Bonchev–Trinajstić information content (AvgIpc) is 2.18. The first kappa shape index (κ1) is 15.0. The minimum atomic E-state index is -1.22. The first-order valence-electron chi connectivity index (χ1n) is 5.91. The van der Waals surface area contributed by atoms with E-state index in [4.69, 9.17) is 10.8 Å². The maximum absolute atomic E-state index is 10.3. The Hall–Kier alpha value is -1.03. The van der Waals surface area contributed by atoms with Gasteiger partial charge >= 0.3 is 6.16 Å². The van der Waals surface area contributed by atoms with Crippen LogP contribution in [-0.2, 0) is 4.74 Å². The van der Waals surface area contributed by atoms with Crippen LogP contribution in [0.4, 0.5) is 4.79 Å². The van der Waals surface area contributed by atoms with E-state index in [2.05, 4.69) is 18.6 Å². The molecule has 3 N–H and O–H groups in total. The van der Waals surface area contributed by atoms with Crippen LogP contribution >= 0.6 is 0 Å². The van der Waals surface area contributed by atoms with Gasteiger partial charge in [-0.05, 0) is 31.8 Å². The van der Waals surface area contributed by atoms with Gasteiger partial charge in [-0.15, -0.1) is 0 Å². The first-order chi connectivity index (χ1) is 7.60. The van der Waals surface area contributed by atoms with E-state index < -0.39 is 6.16 Å². The van der Waals surface area contributed by atoms with Crippen LogP contribution in [0, 0.1) is 0 Å². The van der Waals surface area contributed by atoms with Gasteiger partial charge in [0.05, 0.1) is 0 Å². The molecule has 0 heterocycles. The number of carbonyl (C=O) groups is 1. The van der Waals surface area contributed by atoms with Gasteiger partial charge in [-0.25, -0.2) is 4.79 Å². The van der Waals surface area contributed by atoms with Gasteiger partial charge in [-0.2, -0.15) is 0 Å². The van der Waals surface area contributed by atoms with E-state index in [1.807, 2.05) is 6.08 Å². The fourth-order valence-corrected chi connectivity index (χ4v) is 1.40. The highest BCUT2D eigenvalue weighted by Gasteiger charge is 2.14. The normalized spacial score (nSPS) is 26.7. The van der Waals surface area contributed by atoms with Crippen LogP contribution in [0.1, 0.15) is 46.0 Å². The SMILES string of the molecule is CCC.NC1CC/C=C/C(OC(=O)O)CC1. The van der Waals surface area contributed by atoms with Crippen molar-refractivity contribution in [2.75, 3.05) is 0 Å². The van der Waals surface area contributed by atoms with E-state index in [9.17, 15) is 4.79 Å². The molecule has 0 radical (unpaired) electrons. The summed E-state index contributed by atoms with van der Waals surface area (Å²) in [7, 11) is 0. The summed E-state index contributed by atoms with van der Waals surface area (Å²) in [5.41, 5.74) is 5.76. The molecule has 0 aromatic heterocycles. The Morgan fingerprint density at radius 3 is 2.62 bits per heavy atom. The lowest BCUT2D eigenvalue weighted by atomic mass is 10.0. The summed E-state index contributed by atoms with van der Waals surface area (Å²) >= 11 is 0. The van der Waals surface area contributed by atoms with Gasteiger partial charge in [-0.3, -0.25) is 0 Å². The van der Waals surface area contributed by atoms with E-state index >= 15 is 0 Å². The van der Waals surface area contributed by atoms with E-state index in [0.29, 0.717) is 6.42 Å². The number of nitrogens with two attached hydrogens (primary N) is 1. The fourth-order valence-electron chi connectivity index (χ4n) is 1.40. The zero-order valence-electron chi connectivity index (χ0n) is 10.2. The van der Waals surface area contributed by atoms with Crippen LogP contribution < -0.4 is 5.73 Å². The smallest absolute Gasteiger partial charge is 0.450 e. The summed E-state index contributed by atoms with van der Waals surface area (Å²) < 4.78 is 4.65. The van der Waals surface area contributed by atoms with Crippen LogP contribution in [0.15, 0.2) is 12.2 Å². The van der Waals surface area contributed by atoms with Crippen LogP contribution in [0.3, 0.4) is 0 Å². The summed E-state index contributed by atoms with van der Waals surface area (Å²) in [6.07, 6.45) is 6.84. The van der Waals surface area contributed by atoms with Crippen LogP contribution in [0.2, 0.25) is 0 Å². The quantitative estimate of drug-likeness (QED) is 0.535. The second kappa shape index (κ2) is 9.21. The topological polar surface area (TPSA) is 72.5 Å². The number of hydrogen-bond acceptors (Lipinski definition) is 3. The Kier molecular flexibility index (Phi) is 8.62. The van der Waals surface area contributed by atoms with Crippen LogP contribution in [0.25, 0.3) is 0 Å². The second-order valence-corrected chi connectivity index (χ2v) is 3.97. The Morgan fingerprint density at radius 2 is 2.06 bits per heavy atom. The Morgan fingerprint density at radius 1 is 1.44 bits per heavy atom. The third-order valence-electron chi connectivity index (χ3n) is 2.13. The molecule has 2 unspecified atom stereocenters. The van der Waals surface area contributed by atoms with Gasteiger partial charge < -0.3 is 15.6 Å². The Labute approximate surface area is 97.5 Å². The standard InChI is InChI=1S/C9H15NO3.C3H8/c10-7-3-1-2-4-8(6-5-7)13-9(11)12;1-3-2/h2,4,7-8H,1,3,5-6,10H2,(H,11,12);3H2,1-2H3/b4-2+;. The molecule has 0 saturated carbocycles. The van der Waals surface area contributed by atoms with Gasteiger partial charge in [0.2, 0.25) is 0 Å². The lowest BCUT2D eigenvalue weighted by molar-refractivity contribution is 0.0642. The molecule has 1 rings (SSSR count). The van der Waals surface area contributed by atoms with E-state index in [1.165, 1.54) is 6.42 Å². The minimum absolute atomic E-state index is 0.171. The van der Waals surface area contributed by atoms with E-state index in [0.717, 1.165) is 19.3 Å². The van der Waals surface area contributed by atoms with Gasteiger partial charge in [-0.1, -0.05) is 26.3 Å². The molecular formula is C12H23NO3. The van der Waals surface area contributed by atoms with Gasteiger partial charge in [0.1, 0.15) is 6.10 Å². The summed E-state index contributed by atoms with van der Waals surface area (Å²) in [5.74, 6) is 0. The number of hydrogen-bond donors (Lipinski definition) is 2. The van der Waals surface area contributed by atoms with Crippen molar-refractivity contribution >= 4 is 6.16 Å². The van der Waals surface area contributed by atoms with Crippen LogP contribution in [-0.4, -0.2) is 23.4 Å². The molecule has 2 atom stereocenters. The first-order valence-corrected chi connectivity index (χ1v) is 5.91. The third kappa shape index (κ3) is 8.29. The van der Waals surface area contributed by atoms with Gasteiger partial charge in [0.15, 0.2) is 0 Å². The molecular weight excluding hydrogens is 206 g/mol. The maximum atomic E-state index is 10.3. The molecule has 0 aliphatic heterocycles. The highest BCUT2D eigenvalue weighted by Crippen LogP contribution is 2.13. The van der Waals surface area contributed by atoms with Crippen molar-refractivity contribution in [2.24, 2.45) is 5.73 Å². The van der Waals surface area contributed by atoms with Crippen molar-refractivity contribution in [3.63, 3.8) is 0 Å². The highest BCUT2D eigenvalue weighted by molar-refractivity contribution is 5.57. The largest absolute Gasteiger partial charge is 0.506 e. The van der Waals surface area contributed by atoms with Crippen molar-refractivity contribution in [1.29, 1.82) is 0 Å². The minimum Gasteiger partial charge on any atom is -0.450 e. The van der Waals surface area contributed by atoms with E-state index in [-0.39, 0.29) is 12.1 Å². The summed E-state index contributed by atoms with van der Waals surface area (Å²) in [6.45, 7) is 4.25. The summed E-state index contributed by atoms with van der Waals surface area (Å²) in [6, 6.07) is 0.171. The lowest BCUT2D eigenvalue weighted by Gasteiger charge is -2.17. The number of allylic oxidation sites excluding steroid dienone is 1. The zero-order valence-corrected chi connectivity index (χ0v) is 10.2. The molecule has 0 fully saturated rings. The highest BCUT2D eigenvalue weighted by atomic mass is 16.7. The molecule has 0 spiro atoms. The molecule has 0 aromatic rings. The molecule has 0 amide bonds. The van der Waals surface area contributed by atoms with Crippen molar-refractivity contribution < 1.29 is 14.6 Å². The molecule has 0 aromatic carbocycles. The van der Waals surface area contributed by atoms with Crippen molar-refractivity contribution in [3.8, 4) is 0 Å². The van der Waals surface area contributed by atoms with Crippen molar-refractivity contribution in [1.82, 2.24) is 0 Å². The molecule has 16 heavy (non-hydrogen) atoms. The number of rotatable bonds is 1. The molecule has 4 nitrogen and oxygen atoms in total. The lowest BCUT2D eigenvalue weighted by Crippen LogP contribution is -2.24. The maximum Gasteiger partial charge on any atom is 0.506 e. The Bertz CT molecular complexity index is 216. The predicted octanol–water partition coefficient (Wildman–Crippen LogP) is 2.92.